The van der Waals surface area contributed by atoms with Crippen molar-refractivity contribution in [3.8, 4) is 0 Å². The number of thioether (sulfide) groups is 1. The molecule has 1 aromatic heterocycles. The summed E-state index contributed by atoms with van der Waals surface area (Å²) in [5, 5.41) is 5.03. The van der Waals surface area contributed by atoms with Crippen molar-refractivity contribution in [1.82, 2.24) is 5.27 Å². The number of hydrogen-bond acceptors (Lipinski definition) is 4. The van der Waals surface area contributed by atoms with E-state index in [1.165, 1.54) is 22.9 Å². The van der Waals surface area contributed by atoms with Gasteiger partial charge in [-0.15, -0.1) is 0 Å². The van der Waals surface area contributed by atoms with E-state index >= 15 is 0 Å². The lowest BCUT2D eigenvalue weighted by molar-refractivity contribution is -0.772. The number of rotatable bonds is 4. The van der Waals surface area contributed by atoms with E-state index in [4.69, 9.17) is 0 Å². The number of aromatic amines is 1. The van der Waals surface area contributed by atoms with Gasteiger partial charge in [0.2, 0.25) is 5.91 Å². The highest BCUT2D eigenvalue weighted by Gasteiger charge is 2.19. The van der Waals surface area contributed by atoms with Crippen LogP contribution in [0.25, 0.3) is 0 Å². The predicted molar refractivity (Wildman–Crippen MR) is 66.3 cm³/mol. The first-order chi connectivity index (χ1) is 9.08. The fraction of sp³-hybridized carbons (Fsp3) is 0.182. The van der Waals surface area contributed by atoms with Gasteiger partial charge in [-0.1, -0.05) is 16.8 Å². The molecule has 6 nitrogen and oxygen atoms in total. The molecule has 1 aromatic carbocycles. The molecule has 0 atom stereocenters. The number of para-hydroxylation sites is 1. The topological polar surface area (TPSA) is 79.0 Å². The SMILES string of the molecule is C[n+]1[nH]oc(=O)c1SCC(=O)Nc1ccccc1F. The van der Waals surface area contributed by atoms with Crippen LogP contribution in [-0.4, -0.2) is 16.9 Å². The van der Waals surface area contributed by atoms with Gasteiger partial charge < -0.3 is 5.32 Å². The van der Waals surface area contributed by atoms with E-state index in [2.05, 4.69) is 15.1 Å². The summed E-state index contributed by atoms with van der Waals surface area (Å²) in [5.74, 6) is -0.937. The summed E-state index contributed by atoms with van der Waals surface area (Å²) in [6.45, 7) is 0. The molecule has 0 saturated carbocycles. The van der Waals surface area contributed by atoms with Gasteiger partial charge >= 0.3 is 10.7 Å². The lowest BCUT2D eigenvalue weighted by Crippen LogP contribution is -2.34. The molecule has 2 N–H and O–H groups in total. The molecule has 0 radical (unpaired) electrons. The molecule has 8 heteroatoms. The summed E-state index contributed by atoms with van der Waals surface area (Å²) in [4.78, 5) is 22.9. The molecule has 0 fully saturated rings. The molecule has 100 valence electrons. The fourth-order valence-corrected chi connectivity index (χ4v) is 2.10. The van der Waals surface area contributed by atoms with Crippen LogP contribution in [0, 0.1) is 5.82 Å². The van der Waals surface area contributed by atoms with Crippen LogP contribution in [0.3, 0.4) is 0 Å². The molecule has 0 bridgehead atoms. The molecule has 1 amide bonds. The maximum absolute atomic E-state index is 13.3. The maximum Gasteiger partial charge on any atom is 0.441 e. The number of amides is 1. The third-order valence-corrected chi connectivity index (χ3v) is 3.36. The lowest BCUT2D eigenvalue weighted by atomic mass is 10.3. The van der Waals surface area contributed by atoms with Crippen LogP contribution in [0.1, 0.15) is 0 Å². The Morgan fingerprint density at radius 3 is 2.89 bits per heavy atom. The first-order valence-electron chi connectivity index (χ1n) is 5.32. The number of anilines is 1. The summed E-state index contributed by atoms with van der Waals surface area (Å²) >= 11 is 1.00. The largest absolute Gasteiger partial charge is 0.441 e. The summed E-state index contributed by atoms with van der Waals surface area (Å²) in [6, 6.07) is 5.86. The van der Waals surface area contributed by atoms with Crippen LogP contribution in [-0.2, 0) is 11.8 Å². The molecule has 0 unspecified atom stereocenters. The number of hydrogen-bond donors (Lipinski definition) is 2. The van der Waals surface area contributed by atoms with Gasteiger partial charge in [-0.2, -0.15) is 0 Å². The van der Waals surface area contributed by atoms with Crippen molar-refractivity contribution >= 4 is 23.4 Å². The van der Waals surface area contributed by atoms with Gasteiger partial charge in [0.25, 0.3) is 0 Å². The molecule has 0 spiro atoms. The Labute approximate surface area is 111 Å². The van der Waals surface area contributed by atoms with Crippen molar-refractivity contribution in [2.45, 2.75) is 5.03 Å². The third-order valence-electron chi connectivity index (χ3n) is 2.24. The Morgan fingerprint density at radius 1 is 1.53 bits per heavy atom. The molecular weight excluding hydrogens is 273 g/mol. The summed E-state index contributed by atoms with van der Waals surface area (Å²) in [5.41, 5.74) is -0.440. The van der Waals surface area contributed by atoms with Crippen molar-refractivity contribution in [3.05, 3.63) is 40.5 Å². The van der Waals surface area contributed by atoms with E-state index in [1.54, 1.807) is 13.1 Å². The Bertz CT molecular complexity index is 653. The minimum Gasteiger partial charge on any atom is -0.323 e. The van der Waals surface area contributed by atoms with Gasteiger partial charge in [-0.25, -0.2) is 9.18 Å². The average Bonchev–Trinajstić information content (AvgIpc) is 2.70. The van der Waals surface area contributed by atoms with Crippen molar-refractivity contribution in [3.63, 3.8) is 0 Å². The molecular formula is C11H11FN3O3S+. The summed E-state index contributed by atoms with van der Waals surface area (Å²) < 4.78 is 19.2. The van der Waals surface area contributed by atoms with Gasteiger partial charge in [-0.3, -0.25) is 9.32 Å². The number of halogens is 1. The van der Waals surface area contributed by atoms with Crippen LogP contribution in [0.4, 0.5) is 10.1 Å². The zero-order valence-electron chi connectivity index (χ0n) is 9.97. The number of aryl methyl sites for hydroxylation is 1. The van der Waals surface area contributed by atoms with Gasteiger partial charge in [0.05, 0.1) is 11.4 Å². The standard InChI is InChI=1S/C11H10FN3O3S/c1-15-10(11(17)18-14-15)19-6-9(16)13-8-5-3-2-4-7(8)12/h2-5H,6H2,1H3,(H-,13,14,16,17)/p+1. The quantitative estimate of drug-likeness (QED) is 0.638. The molecule has 2 aromatic rings. The van der Waals surface area contributed by atoms with Crippen LogP contribution < -0.4 is 15.6 Å². The van der Waals surface area contributed by atoms with Crippen molar-refractivity contribution < 1.29 is 18.4 Å². The van der Waals surface area contributed by atoms with Crippen molar-refractivity contribution in [1.29, 1.82) is 0 Å². The van der Waals surface area contributed by atoms with Crippen LogP contribution in [0.5, 0.6) is 0 Å². The highest BCUT2D eigenvalue weighted by molar-refractivity contribution is 7.99. The number of nitrogens with zero attached hydrogens (tertiary/aromatic N) is 1. The summed E-state index contributed by atoms with van der Waals surface area (Å²) in [6.07, 6.45) is 0. The number of carbonyl (C=O) groups is 1. The van der Waals surface area contributed by atoms with E-state index in [1.807, 2.05) is 0 Å². The smallest absolute Gasteiger partial charge is 0.323 e. The molecule has 0 aliphatic rings. The number of carbonyl (C=O) groups excluding carboxylic acids is 1. The Kier molecular flexibility index (Phi) is 4.00. The maximum atomic E-state index is 13.3. The Balaban J connectivity index is 1.96. The Hall–Kier alpha value is -2.09. The van der Waals surface area contributed by atoms with E-state index < -0.39 is 17.3 Å². The highest BCUT2D eigenvalue weighted by Crippen LogP contribution is 2.14. The molecule has 1 heterocycles. The normalized spacial score (nSPS) is 10.4. The van der Waals surface area contributed by atoms with Crippen LogP contribution >= 0.6 is 11.8 Å². The van der Waals surface area contributed by atoms with Gasteiger partial charge in [0.15, 0.2) is 7.05 Å². The zero-order chi connectivity index (χ0) is 13.8. The fourth-order valence-electron chi connectivity index (χ4n) is 1.37. The number of nitrogens with one attached hydrogen (secondary N) is 2. The van der Waals surface area contributed by atoms with Crippen molar-refractivity contribution in [2.24, 2.45) is 7.05 Å². The first kappa shape index (κ1) is 13.3. The van der Waals surface area contributed by atoms with Gasteiger partial charge in [0, 0.05) is 0 Å². The molecule has 2 rings (SSSR count). The zero-order valence-corrected chi connectivity index (χ0v) is 10.8. The highest BCUT2D eigenvalue weighted by atomic mass is 32.2. The second-order valence-electron chi connectivity index (χ2n) is 3.66. The van der Waals surface area contributed by atoms with Crippen LogP contribution in [0.15, 0.2) is 38.6 Å². The van der Waals surface area contributed by atoms with Crippen molar-refractivity contribution in [2.75, 3.05) is 11.1 Å². The van der Waals surface area contributed by atoms with E-state index in [-0.39, 0.29) is 16.5 Å². The van der Waals surface area contributed by atoms with E-state index in [9.17, 15) is 14.0 Å². The average molecular weight is 284 g/mol. The third kappa shape index (κ3) is 3.22. The first-order valence-corrected chi connectivity index (χ1v) is 6.31. The number of aromatic nitrogens is 2. The molecule has 0 saturated heterocycles. The number of H-pyrrole nitrogens is 1. The Morgan fingerprint density at radius 2 is 2.26 bits per heavy atom. The van der Waals surface area contributed by atoms with Gasteiger partial charge in [0.1, 0.15) is 5.82 Å². The van der Waals surface area contributed by atoms with Crippen LogP contribution in [0.2, 0.25) is 0 Å². The monoisotopic (exact) mass is 284 g/mol. The van der Waals surface area contributed by atoms with E-state index in [0.29, 0.717) is 0 Å². The minimum atomic E-state index is -0.550. The lowest BCUT2D eigenvalue weighted by Gasteiger charge is -2.04. The molecule has 0 aliphatic heterocycles. The second kappa shape index (κ2) is 5.70. The molecule has 0 aliphatic carbocycles. The minimum absolute atomic E-state index is 0.0230. The molecule has 19 heavy (non-hydrogen) atoms. The van der Waals surface area contributed by atoms with E-state index in [0.717, 1.165) is 11.8 Å². The predicted octanol–water partition coefficient (Wildman–Crippen LogP) is 0.662. The number of benzene rings is 1. The second-order valence-corrected chi connectivity index (χ2v) is 4.63. The van der Waals surface area contributed by atoms with Gasteiger partial charge in [-0.05, 0) is 29.2 Å². The summed E-state index contributed by atoms with van der Waals surface area (Å²) in [7, 11) is 1.59.